The molecule has 12 aromatic rings. The van der Waals surface area contributed by atoms with Crippen LogP contribution in [-0.2, 0) is 83.9 Å². The summed E-state index contributed by atoms with van der Waals surface area (Å²) in [4.78, 5) is 118. The first-order chi connectivity index (χ1) is 61.9. The van der Waals surface area contributed by atoms with Crippen LogP contribution >= 0.6 is 67.8 Å². The van der Waals surface area contributed by atoms with Gasteiger partial charge in [-0.2, -0.15) is 27.0 Å². The minimum Gasteiger partial charge on any atom is -0.780 e. The highest BCUT2D eigenvalue weighted by Crippen LogP contribution is 2.65. The number of carbonyl (C=O) groups excluding carboxylic acids is 2. The van der Waals surface area contributed by atoms with Crippen LogP contribution in [0.15, 0.2) is 184 Å². The molecular formula is C79H80BrF4N20O20P2S4-. The van der Waals surface area contributed by atoms with Gasteiger partial charge in [-0.25, -0.2) is 81.9 Å². The topological polar surface area (TPSA) is 496 Å². The first kappa shape index (κ1) is 96.0. The number of para-hydroxylation sites is 1. The van der Waals surface area contributed by atoms with Gasteiger partial charge >= 0.3 is 6.80 Å². The maximum atomic E-state index is 16.7. The number of aliphatic hydroxyl groups is 4. The lowest BCUT2D eigenvalue weighted by Crippen LogP contribution is -2.36. The zero-order chi connectivity index (χ0) is 89.7. The van der Waals surface area contributed by atoms with Crippen LogP contribution in [0.25, 0.3) is 44.7 Å². The van der Waals surface area contributed by atoms with Crippen molar-refractivity contribution in [2.45, 2.75) is 142 Å². The Balaban J connectivity index is 0.000000185. The molecule has 8 aromatic heterocycles. The molecule has 24 bridgehead atoms. The van der Waals surface area contributed by atoms with Crippen LogP contribution < -0.4 is 14.7 Å². The summed E-state index contributed by atoms with van der Waals surface area (Å²) in [5, 5.41) is 65.0. The Morgan fingerprint density at radius 3 is 1.36 bits per heavy atom. The zero-order valence-electron chi connectivity index (χ0n) is 67.6. The lowest BCUT2D eigenvalue weighted by molar-refractivity contribution is -0.496. The third-order valence-electron chi connectivity index (χ3n) is 21.6. The van der Waals surface area contributed by atoms with E-state index in [1.807, 2.05) is 30.4 Å². The van der Waals surface area contributed by atoms with Gasteiger partial charge in [0.2, 0.25) is 6.54 Å². The minimum absolute atomic E-state index is 0. The summed E-state index contributed by atoms with van der Waals surface area (Å²) >= 11 is 8.80. The molecule has 0 aliphatic carbocycles. The molecule has 4 aromatic carbocycles. The monoisotopic (exact) mass is 1970 g/mol. The van der Waals surface area contributed by atoms with E-state index in [2.05, 4.69) is 75.7 Å². The smallest absolute Gasteiger partial charge is 0.390 e. The van der Waals surface area contributed by atoms with E-state index in [0.717, 1.165) is 11.1 Å². The summed E-state index contributed by atoms with van der Waals surface area (Å²) in [6.45, 7) is -12.2. The van der Waals surface area contributed by atoms with Crippen molar-refractivity contribution in [1.82, 2.24) is 78.1 Å². The second-order valence-electron chi connectivity index (χ2n) is 29.5. The third-order valence-corrected chi connectivity index (χ3v) is 27.4. The lowest BCUT2D eigenvalue weighted by Gasteiger charge is -2.33. The number of benzene rings is 4. The fourth-order valence-electron chi connectivity index (χ4n) is 15.2. The number of aryl methyl sites for hydroxylation is 2. The molecule has 4 saturated heterocycles. The fourth-order valence-corrected chi connectivity index (χ4v) is 20.6. The number of alkyl halides is 5. The summed E-state index contributed by atoms with van der Waals surface area (Å²) in [6, 6.07) is 30.1. The predicted molar refractivity (Wildman–Crippen MR) is 472 cm³/mol. The number of anilines is 2. The Morgan fingerprint density at radius 2 is 0.915 bits per heavy atom. The van der Waals surface area contributed by atoms with Gasteiger partial charge in [-0.05, 0) is 66.9 Å². The summed E-state index contributed by atoms with van der Waals surface area (Å²) < 4.78 is 130. The SMILES string of the molecule is O=C(c1ccccc1)N1C/C=C/CCc2ncnc3c2ncn3[C@@H]2O[C@H](CO)[C@@H](OP([O-])(=S)OC[C@H]3OC([C@H](F)[C@@H]3O)n3cnc4c1ncnc43)[C@H]2F.O=C(c1ccccc1)N1C/C=C/CCc2ncnc3c2ncn3[C@@H]2O[C@H](CO)[C@@H](O[P@@](=O)(SCc3ccccc3[N+](=O)[O-])OC[C@H]3OC([C@H](F)[C@@H]3O)n3cnc4c1ncnc43)[C@H]2F.O=[N+]([O-])Cc1ccccc1CBr.S.S. The van der Waals surface area contributed by atoms with Gasteiger partial charge in [-0.3, -0.25) is 66.9 Å². The largest absolute Gasteiger partial charge is 0.780 e. The summed E-state index contributed by atoms with van der Waals surface area (Å²) in [6.07, 6.45) is -7.98. The Bertz CT molecular complexity index is 6220. The maximum Gasteiger partial charge on any atom is 0.390 e. The molecule has 14 heterocycles. The Hall–Kier alpha value is -10.1. The van der Waals surface area contributed by atoms with E-state index in [1.165, 1.54) is 103 Å². The molecule has 130 heavy (non-hydrogen) atoms. The molecule has 0 radical (unpaired) electrons. The zero-order valence-corrected chi connectivity index (χ0v) is 74.6. The summed E-state index contributed by atoms with van der Waals surface area (Å²) in [5.41, 5.74) is 5.02. The van der Waals surface area contributed by atoms with E-state index in [1.54, 1.807) is 78.9 Å². The molecule has 4 fully saturated rings. The number of aromatic nitrogens is 16. The molecule has 2 amide bonds. The van der Waals surface area contributed by atoms with Crippen LogP contribution in [0.2, 0.25) is 0 Å². The van der Waals surface area contributed by atoms with Gasteiger partial charge < -0.3 is 53.3 Å². The normalized spacial score (nSPS) is 27.6. The number of allylic oxidation sites excluding steroid dienone is 2. The number of fused-ring (bicyclic) bond motifs is 12. The van der Waals surface area contributed by atoms with Gasteiger partial charge in [-0.15, -0.1) is 0 Å². The standard InChI is InChI=1S/C39H37F2N10O10PS.C32H32F2N9O8PS.C8H8BrNO2.2H2S/c40-28-32(53)27-16-58-62(57,63-17-23-11-6-7-13-25(23)51(55)56)61-33-26(15-52)59-39(29(33)41)49-20-46-30-24(42-18-43-34(30)49)12-5-2-8-14-48(37(54)22-9-3-1-4-10-22)35-31-36(45-19-44-35)50(21-47-31)38(28)60-27;33-21-25(45)20-12-48-52(47,53)51-26-19(11-44)49-32(22(26)34)42-15-39-23-18(35-13-36-27(23)42)9-5-2-6-10-41(30(46)17-7-3-1-4-8-17)28-24-29(38-14-37-28)43(16-40-24)31(21)50-20;9-5-7-3-1-2-4-8(7)6-10(11)12;;/h1-4,6-11,13,18-21,26-29,32-33,38-39,52-53H,5,12,14-17H2;1-4,6-8,13-16,19-22,25-26,31-32,44-45H,5,9-12H2,(H,47,53);1-4H,5-6H2;2*1H2/p-1/b8-2+;6-2+;;;/t26-,27-,28-,29-,32-,33-,38?,39-,62+;19-,20-,21-,22-,25-,26-,31?,32-,52?;;;/m11.../s1. The van der Waals surface area contributed by atoms with Gasteiger partial charge in [0.05, 0.1) is 68.0 Å². The molecule has 40 nitrogen and oxygen atoms in total. The number of rotatable bonds is 11. The lowest BCUT2D eigenvalue weighted by atomic mass is 10.1. The number of aliphatic hydroxyl groups excluding tert-OH is 4. The molecule has 686 valence electrons. The van der Waals surface area contributed by atoms with Crippen molar-refractivity contribution >= 4 is 153 Å². The van der Waals surface area contributed by atoms with E-state index in [4.69, 9.17) is 48.8 Å². The number of nitro benzene ring substituents is 1. The van der Waals surface area contributed by atoms with E-state index >= 15 is 17.6 Å². The molecule has 6 aliphatic heterocycles. The van der Waals surface area contributed by atoms with Gasteiger partial charge in [0.15, 0.2) is 94.9 Å². The summed E-state index contributed by atoms with van der Waals surface area (Å²) in [7, 11) is 0. The van der Waals surface area contributed by atoms with Gasteiger partial charge in [0.1, 0.15) is 91.9 Å². The first-order valence-corrected chi connectivity index (χ1v) is 46.4. The van der Waals surface area contributed by atoms with Crippen molar-refractivity contribution in [1.29, 1.82) is 0 Å². The molecule has 4 N–H and O–H groups in total. The van der Waals surface area contributed by atoms with Gasteiger partial charge in [0.25, 0.3) is 17.5 Å². The van der Waals surface area contributed by atoms with Crippen molar-refractivity contribution < 1.29 is 104 Å². The number of amides is 2. The molecule has 0 saturated carbocycles. The number of nitro groups is 2. The molecule has 6 aliphatic rings. The number of hydrogen-bond donors (Lipinski definition) is 4. The van der Waals surface area contributed by atoms with Crippen molar-refractivity contribution in [3.05, 3.63) is 244 Å². The van der Waals surface area contributed by atoms with Crippen molar-refractivity contribution in [3.8, 4) is 0 Å². The second kappa shape index (κ2) is 42.2. The summed E-state index contributed by atoms with van der Waals surface area (Å²) in [5.74, 6) is -0.870. The van der Waals surface area contributed by atoms with Crippen LogP contribution in [0.5, 0.6) is 0 Å². The quantitative estimate of drug-likeness (QED) is 0.0234. The minimum atomic E-state index is -4.69. The molecule has 51 heteroatoms. The van der Waals surface area contributed by atoms with E-state index in [0.29, 0.717) is 75.9 Å². The fraction of sp³-hybridized carbons (Fsp3) is 0.367. The average Bonchev–Trinajstić information content (AvgIpc) is 1.62. The first-order valence-electron chi connectivity index (χ1n) is 39.6. The second-order valence-corrected chi connectivity index (χ2v) is 36.8. The van der Waals surface area contributed by atoms with Gasteiger partial charge in [-0.1, -0.05) is 131 Å². The van der Waals surface area contributed by atoms with Crippen LogP contribution in [0.3, 0.4) is 0 Å². The van der Waals surface area contributed by atoms with Crippen LogP contribution in [0.1, 0.15) is 86.5 Å². The molecule has 0 spiro atoms. The van der Waals surface area contributed by atoms with Crippen LogP contribution in [0.4, 0.5) is 34.9 Å². The highest BCUT2D eigenvalue weighted by Gasteiger charge is 2.54. The number of ether oxygens (including phenoxy) is 4. The van der Waals surface area contributed by atoms with E-state index < -0.39 is 149 Å². The highest BCUT2D eigenvalue weighted by molar-refractivity contribution is 9.08. The van der Waals surface area contributed by atoms with E-state index in [-0.39, 0.29) is 120 Å². The number of hydrogen-bond acceptors (Lipinski definition) is 34. The maximum absolute atomic E-state index is 16.7. The number of nitrogens with zero attached hydrogens (tertiary/aromatic N) is 20. The Morgan fingerprint density at radius 1 is 0.515 bits per heavy atom. The Kier molecular flexibility index (Phi) is 31.2. The van der Waals surface area contributed by atoms with Crippen LogP contribution in [-0.4, -0.2) is 233 Å². The van der Waals surface area contributed by atoms with Crippen molar-refractivity contribution in [2.24, 2.45) is 0 Å². The molecule has 18 rings (SSSR count). The van der Waals surface area contributed by atoms with Gasteiger partial charge in [0, 0.05) is 57.4 Å². The number of imidazole rings is 4. The number of halogens is 5. The van der Waals surface area contributed by atoms with Crippen LogP contribution in [0, 0.1) is 20.2 Å². The Labute approximate surface area is 765 Å². The highest BCUT2D eigenvalue weighted by atomic mass is 79.9. The molecular weight excluding hydrogens is 1900 g/mol. The van der Waals surface area contributed by atoms with Crippen molar-refractivity contribution in [2.75, 3.05) is 49.3 Å². The molecule has 18 atom stereocenters. The van der Waals surface area contributed by atoms with E-state index in [9.17, 15) is 59.7 Å². The molecule has 3 unspecified atom stereocenters. The number of carbonyl (C=O) groups is 2. The van der Waals surface area contributed by atoms with Crippen molar-refractivity contribution in [3.63, 3.8) is 0 Å². The third kappa shape index (κ3) is 20.3. The average molecular weight is 1980 g/mol. The predicted octanol–water partition coefficient (Wildman–Crippen LogP) is 9.20.